The fraction of sp³-hybridized carbons (Fsp3) is 0.714. The Morgan fingerprint density at radius 3 is 1.94 bits per heavy atom. The smallest absolute Gasteiger partial charge is 0.463 e. The number of alkyl halides is 3. The molecule has 0 radical (unpaired) electrons. The van der Waals surface area contributed by atoms with Crippen molar-refractivity contribution in [2.45, 2.75) is 57.6 Å². The summed E-state index contributed by atoms with van der Waals surface area (Å²) in [7, 11) is -5.44. The number of phosphoric acid groups is 1. The highest BCUT2D eigenvalue weighted by molar-refractivity contribution is 7.46. The number of nitrogens with one attached hydrogen (secondary N) is 1. The number of esters is 3. The number of rotatable bonds is 7. The summed E-state index contributed by atoms with van der Waals surface area (Å²) in [5.41, 5.74) is 0. The SMILES string of the molecule is CC(=O)OC[C@H]1O[C@@H](OP(=O)(O)O)[C@H](NC(=O)C(F)(F)F)[C@@H](OC(C)=O)[C@@H]1OC(C)=O. The van der Waals surface area contributed by atoms with Gasteiger partial charge in [-0.1, -0.05) is 0 Å². The first-order chi connectivity index (χ1) is 14.0. The molecule has 31 heavy (non-hydrogen) atoms. The highest BCUT2D eigenvalue weighted by Crippen LogP contribution is 2.41. The van der Waals surface area contributed by atoms with Crippen LogP contribution in [-0.4, -0.2) is 77.0 Å². The lowest BCUT2D eigenvalue weighted by Crippen LogP contribution is -2.67. The molecule has 1 aliphatic heterocycles. The molecule has 0 bridgehead atoms. The van der Waals surface area contributed by atoms with E-state index in [0.29, 0.717) is 0 Å². The Hall–Kier alpha value is -2.26. The van der Waals surface area contributed by atoms with Crippen molar-refractivity contribution in [2.24, 2.45) is 0 Å². The van der Waals surface area contributed by atoms with Crippen LogP contribution in [0, 0.1) is 0 Å². The second-order valence-corrected chi connectivity index (χ2v) is 7.28. The predicted octanol–water partition coefficient (Wildman–Crippen LogP) is -0.706. The summed E-state index contributed by atoms with van der Waals surface area (Å²) < 4.78 is 73.4. The minimum absolute atomic E-state index is 0.744. The van der Waals surface area contributed by atoms with Crippen molar-refractivity contribution in [1.29, 1.82) is 0 Å². The summed E-state index contributed by atoms with van der Waals surface area (Å²) in [6, 6.07) is -2.21. The minimum Gasteiger partial charge on any atom is -0.463 e. The lowest BCUT2D eigenvalue weighted by atomic mass is 9.96. The number of carbonyl (C=O) groups is 4. The molecule has 0 aromatic rings. The van der Waals surface area contributed by atoms with Gasteiger partial charge in [-0.25, -0.2) is 4.57 Å². The van der Waals surface area contributed by atoms with Crippen LogP contribution >= 0.6 is 7.82 Å². The zero-order valence-corrected chi connectivity index (χ0v) is 17.0. The quantitative estimate of drug-likeness (QED) is 0.236. The van der Waals surface area contributed by atoms with Crippen LogP contribution in [0.25, 0.3) is 0 Å². The average molecular weight is 481 g/mol. The first-order valence-corrected chi connectivity index (χ1v) is 9.79. The molecular formula is C14H19F3NO12P. The molecule has 13 nitrogen and oxygen atoms in total. The zero-order valence-electron chi connectivity index (χ0n) is 16.2. The van der Waals surface area contributed by atoms with Gasteiger partial charge >= 0.3 is 37.8 Å². The van der Waals surface area contributed by atoms with Crippen molar-refractivity contribution in [3.63, 3.8) is 0 Å². The fourth-order valence-corrected chi connectivity index (χ4v) is 2.97. The molecule has 1 fully saturated rings. The first-order valence-electron chi connectivity index (χ1n) is 8.26. The molecule has 1 aliphatic rings. The highest BCUT2D eigenvalue weighted by Gasteiger charge is 2.54. The summed E-state index contributed by atoms with van der Waals surface area (Å²) in [5.74, 6) is -5.63. The van der Waals surface area contributed by atoms with E-state index in [1.165, 1.54) is 5.32 Å². The third-order valence-corrected chi connectivity index (χ3v) is 3.98. The summed E-state index contributed by atoms with van der Waals surface area (Å²) in [6.07, 6.45) is -13.2. The van der Waals surface area contributed by atoms with Gasteiger partial charge in [0.2, 0.25) is 0 Å². The third-order valence-electron chi connectivity index (χ3n) is 3.50. The van der Waals surface area contributed by atoms with Crippen LogP contribution in [0.3, 0.4) is 0 Å². The Balaban J connectivity index is 3.45. The standard InChI is InChI=1S/C14H19F3NO12P/c1-5(19)26-4-8-10(27-6(2)20)11(28-7(3)21)9(18-13(22)14(15,16)17)12(29-8)30-31(23,24)25/h8-12H,4H2,1-3H3,(H,18,22)(H2,23,24,25)/t8-,9-,10-,11-,12+/m1/s1. The van der Waals surface area contributed by atoms with Crippen LogP contribution in [0.15, 0.2) is 0 Å². The Morgan fingerprint density at radius 1 is 1.00 bits per heavy atom. The lowest BCUT2D eigenvalue weighted by Gasteiger charge is -2.44. The minimum atomic E-state index is -5.46. The van der Waals surface area contributed by atoms with Gasteiger partial charge in [-0.3, -0.25) is 23.7 Å². The number of ether oxygens (including phenoxy) is 4. The van der Waals surface area contributed by atoms with Gasteiger partial charge in [0.05, 0.1) is 0 Å². The molecule has 0 aromatic heterocycles. The van der Waals surface area contributed by atoms with Crippen LogP contribution in [-0.2, 0) is 47.2 Å². The van der Waals surface area contributed by atoms with E-state index in [4.69, 9.17) is 24.0 Å². The van der Waals surface area contributed by atoms with E-state index in [1.54, 1.807) is 0 Å². The second kappa shape index (κ2) is 10.4. The van der Waals surface area contributed by atoms with Gasteiger partial charge < -0.3 is 34.1 Å². The van der Waals surface area contributed by atoms with Crippen LogP contribution in [0.2, 0.25) is 0 Å². The van der Waals surface area contributed by atoms with Crippen molar-refractivity contribution in [2.75, 3.05) is 6.61 Å². The van der Waals surface area contributed by atoms with Crippen LogP contribution < -0.4 is 5.32 Å². The van der Waals surface area contributed by atoms with Gasteiger partial charge in [-0.05, 0) is 0 Å². The molecular weight excluding hydrogens is 462 g/mol. The predicted molar refractivity (Wildman–Crippen MR) is 87.5 cm³/mol. The zero-order chi connectivity index (χ0) is 24.1. The van der Waals surface area contributed by atoms with Gasteiger partial charge in [-0.2, -0.15) is 13.2 Å². The number of halogens is 3. The Labute approximate surface area is 172 Å². The van der Waals surface area contributed by atoms with Crippen molar-refractivity contribution in [3.05, 3.63) is 0 Å². The number of hydrogen-bond donors (Lipinski definition) is 3. The third kappa shape index (κ3) is 8.78. The van der Waals surface area contributed by atoms with Crippen molar-refractivity contribution in [1.82, 2.24) is 5.32 Å². The lowest BCUT2D eigenvalue weighted by molar-refractivity contribution is -0.261. The topological polar surface area (TPSA) is 184 Å². The van der Waals surface area contributed by atoms with Crippen LogP contribution in [0.1, 0.15) is 20.8 Å². The van der Waals surface area contributed by atoms with Gasteiger partial charge in [0, 0.05) is 20.8 Å². The second-order valence-electron chi connectivity index (χ2n) is 6.09. The maximum atomic E-state index is 12.8. The molecule has 0 unspecified atom stereocenters. The van der Waals surface area contributed by atoms with E-state index in [9.17, 15) is 36.9 Å². The molecule has 5 atom stereocenters. The summed E-state index contributed by atoms with van der Waals surface area (Å²) in [4.78, 5) is 63.7. The molecule has 178 valence electrons. The van der Waals surface area contributed by atoms with Gasteiger partial charge in [-0.15, -0.1) is 0 Å². The van der Waals surface area contributed by atoms with E-state index in [-0.39, 0.29) is 0 Å². The summed E-state index contributed by atoms with van der Waals surface area (Å²) in [6.45, 7) is 1.94. The summed E-state index contributed by atoms with van der Waals surface area (Å²) in [5, 5.41) is 1.34. The molecule has 1 amide bonds. The fourth-order valence-electron chi connectivity index (χ4n) is 2.51. The molecule has 1 heterocycles. The largest absolute Gasteiger partial charge is 0.472 e. The molecule has 1 rings (SSSR count). The molecule has 0 spiro atoms. The Bertz CT molecular complexity index is 753. The van der Waals surface area contributed by atoms with Gasteiger partial charge in [0.15, 0.2) is 18.5 Å². The normalized spacial score (nSPS) is 26.5. The van der Waals surface area contributed by atoms with E-state index in [2.05, 4.69) is 9.26 Å². The molecule has 1 saturated heterocycles. The molecule has 0 aromatic carbocycles. The molecule has 0 aliphatic carbocycles. The van der Waals surface area contributed by atoms with E-state index >= 15 is 0 Å². The van der Waals surface area contributed by atoms with Gasteiger partial charge in [0.25, 0.3) is 0 Å². The van der Waals surface area contributed by atoms with E-state index in [1.807, 2.05) is 0 Å². The maximum Gasteiger partial charge on any atom is 0.472 e. The first kappa shape index (κ1) is 26.8. The molecule has 3 N–H and O–H groups in total. The number of phosphoric ester groups is 1. The molecule has 17 heteroatoms. The number of amides is 1. The van der Waals surface area contributed by atoms with Gasteiger partial charge in [0.1, 0.15) is 18.8 Å². The Kier molecular flexibility index (Phi) is 8.95. The van der Waals surface area contributed by atoms with Crippen LogP contribution in [0.4, 0.5) is 13.2 Å². The van der Waals surface area contributed by atoms with Crippen molar-refractivity contribution in [3.8, 4) is 0 Å². The monoisotopic (exact) mass is 481 g/mol. The molecule has 0 saturated carbocycles. The number of carbonyl (C=O) groups excluding carboxylic acids is 4. The van der Waals surface area contributed by atoms with Crippen LogP contribution in [0.5, 0.6) is 0 Å². The van der Waals surface area contributed by atoms with E-state index in [0.717, 1.165) is 20.8 Å². The van der Waals surface area contributed by atoms with E-state index < -0.39 is 75.1 Å². The van der Waals surface area contributed by atoms with Crippen molar-refractivity contribution >= 4 is 31.6 Å². The maximum absolute atomic E-state index is 12.8. The summed E-state index contributed by atoms with van der Waals surface area (Å²) >= 11 is 0. The number of hydrogen-bond acceptors (Lipinski definition) is 10. The Morgan fingerprint density at radius 2 is 1.52 bits per heavy atom. The van der Waals surface area contributed by atoms with Crippen molar-refractivity contribution < 1.29 is 70.2 Å². The highest BCUT2D eigenvalue weighted by atomic mass is 31.2. The average Bonchev–Trinajstić information content (AvgIpc) is 2.55.